The van der Waals surface area contributed by atoms with E-state index >= 15 is 0 Å². The number of carbonyl (C=O) groups excluding carboxylic acids is 4. The highest BCUT2D eigenvalue weighted by Gasteiger charge is 2.30. The number of phosphoric ester groups is 2. The van der Waals surface area contributed by atoms with Gasteiger partial charge in [0.1, 0.15) is 19.3 Å². The maximum Gasteiger partial charge on any atom is 0.472 e. The molecule has 0 aromatic heterocycles. The van der Waals surface area contributed by atoms with Crippen LogP contribution in [0.3, 0.4) is 0 Å². The van der Waals surface area contributed by atoms with Crippen molar-refractivity contribution in [2.24, 2.45) is 23.7 Å². The van der Waals surface area contributed by atoms with Crippen LogP contribution in [0.1, 0.15) is 428 Å². The highest BCUT2D eigenvalue weighted by molar-refractivity contribution is 7.47. The molecule has 0 aliphatic carbocycles. The molecule has 0 fully saturated rings. The average Bonchev–Trinajstić information content (AvgIpc) is 1.29. The van der Waals surface area contributed by atoms with Crippen LogP contribution in [0.5, 0.6) is 0 Å². The Balaban J connectivity index is 5.18. The van der Waals surface area contributed by atoms with Crippen molar-refractivity contribution in [1.29, 1.82) is 0 Å². The van der Waals surface area contributed by atoms with Crippen LogP contribution in [0, 0.1) is 23.7 Å². The molecule has 0 aromatic rings. The number of esters is 4. The fourth-order valence-corrected chi connectivity index (χ4v) is 14.3. The number of carbonyl (C=O) groups is 4. The molecule has 6 atom stereocenters. The number of hydrogen-bond donors (Lipinski definition) is 3. The Morgan fingerprint density at radius 3 is 0.696 bits per heavy atom. The molecule has 0 aromatic carbocycles. The third kappa shape index (κ3) is 74.9. The molecular formula is C83H162O17P2. The zero-order chi connectivity index (χ0) is 75.3. The lowest BCUT2D eigenvalue weighted by Crippen LogP contribution is -2.30. The predicted octanol–water partition coefficient (Wildman–Crippen LogP) is 24.8. The van der Waals surface area contributed by atoms with Gasteiger partial charge in [0, 0.05) is 25.7 Å². The molecule has 0 saturated heterocycles. The first-order valence-electron chi connectivity index (χ1n) is 42.7. The first kappa shape index (κ1) is 100. The Kier molecular flexibility index (Phi) is 70.6. The van der Waals surface area contributed by atoms with Gasteiger partial charge in [0.25, 0.3) is 0 Å². The lowest BCUT2D eigenvalue weighted by Gasteiger charge is -2.21. The Morgan fingerprint density at radius 2 is 0.471 bits per heavy atom. The second-order valence-electron chi connectivity index (χ2n) is 31.5. The van der Waals surface area contributed by atoms with Crippen LogP contribution in [0.15, 0.2) is 0 Å². The summed E-state index contributed by atoms with van der Waals surface area (Å²) in [5, 5.41) is 10.6. The number of unbranched alkanes of at least 4 members (excludes halogenated alkanes) is 45. The number of aliphatic hydroxyl groups excluding tert-OH is 1. The van der Waals surface area contributed by atoms with Crippen molar-refractivity contribution in [2.75, 3.05) is 39.6 Å². The number of rotatable bonds is 80. The quantitative estimate of drug-likeness (QED) is 0.0222. The predicted molar refractivity (Wildman–Crippen MR) is 418 cm³/mol. The third-order valence-electron chi connectivity index (χ3n) is 19.7. The minimum Gasteiger partial charge on any atom is -0.462 e. The Labute approximate surface area is 626 Å². The first-order valence-corrected chi connectivity index (χ1v) is 45.7. The summed E-state index contributed by atoms with van der Waals surface area (Å²) in [7, 11) is -9.92. The molecule has 0 spiro atoms. The van der Waals surface area contributed by atoms with Crippen molar-refractivity contribution in [3.8, 4) is 0 Å². The highest BCUT2D eigenvalue weighted by Crippen LogP contribution is 2.45. The van der Waals surface area contributed by atoms with Gasteiger partial charge in [-0.2, -0.15) is 0 Å². The molecule has 0 bridgehead atoms. The van der Waals surface area contributed by atoms with Crippen molar-refractivity contribution in [3.05, 3.63) is 0 Å². The molecule has 0 saturated carbocycles. The molecule has 0 radical (unpaired) electrons. The summed E-state index contributed by atoms with van der Waals surface area (Å²) >= 11 is 0. The molecule has 3 N–H and O–H groups in total. The molecule has 17 nitrogen and oxygen atoms in total. The van der Waals surface area contributed by atoms with E-state index in [1.54, 1.807) is 0 Å². The van der Waals surface area contributed by atoms with E-state index in [0.29, 0.717) is 31.6 Å². The summed E-state index contributed by atoms with van der Waals surface area (Å²) in [6.07, 6.45) is 59.8. The number of ether oxygens (including phenoxy) is 4. The zero-order valence-electron chi connectivity index (χ0n) is 67.2. The number of hydrogen-bond acceptors (Lipinski definition) is 15. The van der Waals surface area contributed by atoms with Gasteiger partial charge in [-0.25, -0.2) is 9.13 Å². The van der Waals surface area contributed by atoms with Gasteiger partial charge >= 0.3 is 39.5 Å². The smallest absolute Gasteiger partial charge is 0.462 e. The second-order valence-corrected chi connectivity index (χ2v) is 34.4. The third-order valence-corrected chi connectivity index (χ3v) is 21.6. The van der Waals surface area contributed by atoms with E-state index in [-0.39, 0.29) is 25.7 Å². The topological polar surface area (TPSA) is 237 Å². The molecule has 19 heteroatoms. The van der Waals surface area contributed by atoms with Gasteiger partial charge in [0.15, 0.2) is 12.2 Å². The highest BCUT2D eigenvalue weighted by atomic mass is 31.2. The zero-order valence-corrected chi connectivity index (χ0v) is 69.0. The Bertz CT molecular complexity index is 1990. The molecule has 0 heterocycles. The van der Waals surface area contributed by atoms with Crippen LogP contribution in [-0.4, -0.2) is 96.7 Å². The largest absolute Gasteiger partial charge is 0.472 e. The lowest BCUT2D eigenvalue weighted by molar-refractivity contribution is -0.161. The normalized spacial score (nSPS) is 14.3. The van der Waals surface area contributed by atoms with E-state index in [1.165, 1.54) is 225 Å². The minimum atomic E-state index is -4.96. The molecular weight excluding hydrogens is 1330 g/mol. The maximum absolute atomic E-state index is 13.1. The summed E-state index contributed by atoms with van der Waals surface area (Å²) in [5.41, 5.74) is 0. The minimum absolute atomic E-state index is 0.106. The van der Waals surface area contributed by atoms with Crippen molar-refractivity contribution < 1.29 is 80.2 Å². The van der Waals surface area contributed by atoms with E-state index < -0.39 is 97.5 Å². The van der Waals surface area contributed by atoms with Crippen molar-refractivity contribution >= 4 is 39.5 Å². The first-order chi connectivity index (χ1) is 49.1. The van der Waals surface area contributed by atoms with Crippen molar-refractivity contribution in [2.45, 2.75) is 446 Å². The van der Waals surface area contributed by atoms with E-state index in [2.05, 4.69) is 55.4 Å². The molecule has 4 unspecified atom stereocenters. The van der Waals surface area contributed by atoms with Crippen LogP contribution in [0.4, 0.5) is 0 Å². The fourth-order valence-electron chi connectivity index (χ4n) is 12.8. The van der Waals surface area contributed by atoms with E-state index in [9.17, 15) is 43.2 Å². The monoisotopic (exact) mass is 1490 g/mol. The van der Waals surface area contributed by atoms with Crippen molar-refractivity contribution in [1.82, 2.24) is 0 Å². The van der Waals surface area contributed by atoms with Crippen LogP contribution in [0.25, 0.3) is 0 Å². The average molecular weight is 1490 g/mol. The van der Waals surface area contributed by atoms with Gasteiger partial charge in [0.2, 0.25) is 0 Å². The molecule has 0 amide bonds. The summed E-state index contributed by atoms with van der Waals surface area (Å²) in [6.45, 7) is 14.3. The van der Waals surface area contributed by atoms with Gasteiger partial charge in [-0.1, -0.05) is 376 Å². The summed E-state index contributed by atoms with van der Waals surface area (Å²) in [5.74, 6) is 1.01. The van der Waals surface area contributed by atoms with Crippen LogP contribution in [0.2, 0.25) is 0 Å². The number of phosphoric acid groups is 2. The molecule has 0 rings (SSSR count). The SMILES string of the molecule is CCC(C)CCCCCCCCCCCCCCCCCCCCC(=O)O[C@H](COC(=O)CCCCCCCCCC(C)C)COP(=O)(O)OCC(O)COP(=O)(O)OC[C@@H](COC(=O)CCCCCCCCCCCCCCCCC(C)C)OC(=O)CCCCCCCCCCCCC(C)C. The van der Waals surface area contributed by atoms with Gasteiger partial charge < -0.3 is 33.8 Å². The summed E-state index contributed by atoms with van der Waals surface area (Å²) in [6, 6.07) is 0. The van der Waals surface area contributed by atoms with E-state index in [4.69, 9.17) is 37.0 Å². The fraction of sp³-hybridized carbons (Fsp3) is 0.952. The molecule has 102 heavy (non-hydrogen) atoms. The number of aliphatic hydroxyl groups is 1. The summed E-state index contributed by atoms with van der Waals surface area (Å²) in [4.78, 5) is 73.1. The van der Waals surface area contributed by atoms with Crippen LogP contribution >= 0.6 is 15.6 Å². The van der Waals surface area contributed by atoms with Gasteiger partial charge in [-0.15, -0.1) is 0 Å². The summed E-state index contributed by atoms with van der Waals surface area (Å²) < 4.78 is 68.7. The second kappa shape index (κ2) is 72.0. The van der Waals surface area contributed by atoms with E-state index in [0.717, 1.165) is 114 Å². The van der Waals surface area contributed by atoms with Crippen molar-refractivity contribution in [3.63, 3.8) is 0 Å². The maximum atomic E-state index is 13.1. The van der Waals surface area contributed by atoms with Crippen LogP contribution < -0.4 is 0 Å². The molecule has 0 aliphatic rings. The standard InChI is InChI=1S/C83H162O17P2/c1-9-76(8)62-54-46-38-30-23-19-14-12-10-11-13-15-21-25-32-40-49-57-65-82(87)100-79(70-94-81(86)64-56-48-42-34-37-45-53-61-75(6)7)72-98-102(91,92)96-68-77(84)67-95-101(89,90)97-71-78(99-83(88)66-58-50-41-33-27-26-29-36-44-52-60-74(4)5)69-93-80(85)63-55-47-39-31-24-20-17-16-18-22-28-35-43-51-59-73(2)3/h73-79,84H,9-72H2,1-8H3,(H,89,90)(H,91,92)/t76?,77?,78-,79-/m1/s1. The molecule has 606 valence electrons. The van der Waals surface area contributed by atoms with Gasteiger partial charge in [0.05, 0.1) is 26.4 Å². The Hall–Kier alpha value is -1.94. The Morgan fingerprint density at radius 1 is 0.275 bits per heavy atom. The van der Waals surface area contributed by atoms with Crippen LogP contribution in [-0.2, 0) is 65.4 Å². The lowest BCUT2D eigenvalue weighted by atomic mass is 9.99. The van der Waals surface area contributed by atoms with E-state index in [1.807, 2.05) is 0 Å². The van der Waals surface area contributed by atoms with Gasteiger partial charge in [-0.05, 0) is 49.4 Å². The van der Waals surface area contributed by atoms with Gasteiger partial charge in [-0.3, -0.25) is 37.3 Å². The molecule has 0 aliphatic heterocycles.